The van der Waals surface area contributed by atoms with Crippen LogP contribution in [0.3, 0.4) is 0 Å². The minimum atomic E-state index is 0.0838. The molecule has 1 amide bonds. The quantitative estimate of drug-likeness (QED) is 0.344. The smallest absolute Gasteiger partial charge is 0.226 e. The third-order valence-electron chi connectivity index (χ3n) is 4.31. The van der Waals surface area contributed by atoms with E-state index in [1.165, 1.54) is 25.7 Å². The van der Waals surface area contributed by atoms with Gasteiger partial charge in [0.1, 0.15) is 0 Å². The number of carbonyl (C=O) groups excluding carboxylic acids is 1. The topological polar surface area (TPSA) is 78.9 Å². The molecule has 0 aromatic heterocycles. The maximum atomic E-state index is 12.5. The lowest BCUT2D eigenvalue weighted by Gasteiger charge is -2.26. The van der Waals surface area contributed by atoms with Crippen LogP contribution in [0.25, 0.3) is 0 Å². The Morgan fingerprint density at radius 2 is 1.94 bits per heavy atom. The molecule has 0 radical (unpaired) electrons. The summed E-state index contributed by atoms with van der Waals surface area (Å²) < 4.78 is 0. The number of fused-ring (bicyclic) bond motifs is 1. The largest absolute Gasteiger partial charge is 0.409 e. The minimum Gasteiger partial charge on any atom is -0.409 e. The highest BCUT2D eigenvalue weighted by Gasteiger charge is 2.55. The first-order valence-electron chi connectivity index (χ1n) is 6.83. The van der Waals surface area contributed by atoms with Crippen molar-refractivity contribution in [3.63, 3.8) is 0 Å². The molecule has 3 N–H and O–H groups in total. The van der Waals surface area contributed by atoms with Crippen molar-refractivity contribution in [1.82, 2.24) is 4.90 Å². The highest BCUT2D eigenvalue weighted by Crippen LogP contribution is 2.56. The normalized spacial score (nSPS) is 31.1. The highest BCUT2D eigenvalue weighted by molar-refractivity contribution is 5.89. The Labute approximate surface area is 108 Å². The van der Waals surface area contributed by atoms with Gasteiger partial charge in [0.05, 0.1) is 6.54 Å². The highest BCUT2D eigenvalue weighted by atomic mass is 16.4. The first kappa shape index (κ1) is 13.2. The Bertz CT molecular complexity index is 342. The zero-order chi connectivity index (χ0) is 13.3. The van der Waals surface area contributed by atoms with Crippen LogP contribution in [-0.4, -0.2) is 34.4 Å². The summed E-state index contributed by atoms with van der Waals surface area (Å²) in [6.45, 7) is 4.16. The summed E-state index contributed by atoms with van der Waals surface area (Å²) in [5, 5.41) is 11.6. The van der Waals surface area contributed by atoms with Crippen LogP contribution in [-0.2, 0) is 4.79 Å². The molecule has 18 heavy (non-hydrogen) atoms. The van der Waals surface area contributed by atoms with E-state index in [0.717, 1.165) is 0 Å². The molecular formula is C13H23N3O2. The van der Waals surface area contributed by atoms with Crippen LogP contribution in [0.15, 0.2) is 5.16 Å². The number of nitrogens with zero attached hydrogens (tertiary/aromatic N) is 2. The standard InChI is InChI=1S/C13H23N3O2/c1-8(2)16(7-11(14)15-18)13(17)12-9-5-3-4-6-10(9)12/h8-10,12,18H,3-7H2,1-2H3,(H2,14,15). The molecule has 0 aromatic rings. The zero-order valence-corrected chi connectivity index (χ0v) is 11.2. The third-order valence-corrected chi connectivity index (χ3v) is 4.31. The van der Waals surface area contributed by atoms with Crippen molar-refractivity contribution >= 4 is 11.7 Å². The fraction of sp³-hybridized carbons (Fsp3) is 0.846. The van der Waals surface area contributed by atoms with Gasteiger partial charge in [-0.1, -0.05) is 18.0 Å². The van der Waals surface area contributed by atoms with E-state index >= 15 is 0 Å². The van der Waals surface area contributed by atoms with E-state index in [-0.39, 0.29) is 30.2 Å². The molecule has 0 aliphatic heterocycles. The molecule has 2 fully saturated rings. The van der Waals surface area contributed by atoms with Crippen molar-refractivity contribution in [1.29, 1.82) is 0 Å². The summed E-state index contributed by atoms with van der Waals surface area (Å²) in [4.78, 5) is 14.2. The Hall–Kier alpha value is -1.26. The van der Waals surface area contributed by atoms with E-state index in [2.05, 4.69) is 5.16 Å². The van der Waals surface area contributed by atoms with Gasteiger partial charge in [0.25, 0.3) is 0 Å². The van der Waals surface area contributed by atoms with Crippen LogP contribution in [0.1, 0.15) is 39.5 Å². The number of amidine groups is 1. The number of nitrogens with two attached hydrogens (primary N) is 1. The predicted molar refractivity (Wildman–Crippen MR) is 69.2 cm³/mol. The maximum absolute atomic E-state index is 12.5. The van der Waals surface area contributed by atoms with E-state index in [0.29, 0.717) is 11.8 Å². The maximum Gasteiger partial charge on any atom is 0.226 e. The zero-order valence-electron chi connectivity index (χ0n) is 11.2. The number of carbonyl (C=O) groups is 1. The molecule has 0 heterocycles. The van der Waals surface area contributed by atoms with Crippen molar-refractivity contribution in [2.75, 3.05) is 6.54 Å². The minimum absolute atomic E-state index is 0.0838. The van der Waals surface area contributed by atoms with Crippen molar-refractivity contribution in [2.45, 2.75) is 45.6 Å². The average molecular weight is 253 g/mol. The van der Waals surface area contributed by atoms with Gasteiger partial charge in [-0.15, -0.1) is 0 Å². The Morgan fingerprint density at radius 3 is 2.39 bits per heavy atom. The second-order valence-corrected chi connectivity index (χ2v) is 5.79. The van der Waals surface area contributed by atoms with Gasteiger partial charge in [0, 0.05) is 12.0 Å². The van der Waals surface area contributed by atoms with Gasteiger partial charge in [-0.25, -0.2) is 0 Å². The van der Waals surface area contributed by atoms with Crippen LogP contribution in [0.2, 0.25) is 0 Å². The molecule has 5 nitrogen and oxygen atoms in total. The SMILES string of the molecule is CC(C)N(CC(N)=NO)C(=O)C1C2CCCCC21. The lowest BCUT2D eigenvalue weighted by molar-refractivity contribution is -0.134. The average Bonchev–Trinajstić information content (AvgIpc) is 3.08. The monoisotopic (exact) mass is 253 g/mol. The van der Waals surface area contributed by atoms with E-state index in [9.17, 15) is 4.79 Å². The molecule has 0 saturated heterocycles. The molecule has 2 atom stereocenters. The summed E-state index contributed by atoms with van der Waals surface area (Å²) in [5.74, 6) is 1.68. The number of hydrogen-bond donors (Lipinski definition) is 2. The molecule has 0 bridgehead atoms. The van der Waals surface area contributed by atoms with Crippen molar-refractivity contribution in [3.8, 4) is 0 Å². The van der Waals surface area contributed by atoms with Gasteiger partial charge in [-0.2, -0.15) is 0 Å². The van der Waals surface area contributed by atoms with Crippen LogP contribution in [0.5, 0.6) is 0 Å². The van der Waals surface area contributed by atoms with Crippen molar-refractivity contribution < 1.29 is 10.0 Å². The molecule has 2 rings (SSSR count). The summed E-state index contributed by atoms with van der Waals surface area (Å²) in [6, 6.07) is 0.0838. The number of amides is 1. The molecule has 2 saturated carbocycles. The fourth-order valence-electron chi connectivity index (χ4n) is 3.27. The molecule has 2 aliphatic rings. The van der Waals surface area contributed by atoms with Crippen molar-refractivity contribution in [3.05, 3.63) is 0 Å². The molecule has 5 heteroatoms. The molecular weight excluding hydrogens is 230 g/mol. The van der Waals surface area contributed by atoms with Gasteiger partial charge >= 0.3 is 0 Å². The molecule has 2 unspecified atom stereocenters. The number of oxime groups is 1. The second kappa shape index (κ2) is 5.16. The summed E-state index contributed by atoms with van der Waals surface area (Å²) in [6.07, 6.45) is 4.90. The van der Waals surface area contributed by atoms with Gasteiger partial charge in [0.2, 0.25) is 5.91 Å². The fourth-order valence-corrected chi connectivity index (χ4v) is 3.27. The van der Waals surface area contributed by atoms with Crippen LogP contribution >= 0.6 is 0 Å². The number of hydrogen-bond acceptors (Lipinski definition) is 3. The number of rotatable bonds is 4. The van der Waals surface area contributed by atoms with E-state index in [4.69, 9.17) is 10.9 Å². The lowest BCUT2D eigenvalue weighted by atomic mass is 10.0. The molecule has 0 aromatic carbocycles. The van der Waals surface area contributed by atoms with Crippen LogP contribution in [0.4, 0.5) is 0 Å². The first-order chi connectivity index (χ1) is 8.56. The van der Waals surface area contributed by atoms with E-state index in [1.807, 2.05) is 13.8 Å². The van der Waals surface area contributed by atoms with Crippen molar-refractivity contribution in [2.24, 2.45) is 28.6 Å². The third kappa shape index (κ3) is 2.44. The molecule has 2 aliphatic carbocycles. The van der Waals surface area contributed by atoms with Gasteiger partial charge in [-0.05, 0) is 38.5 Å². The Balaban J connectivity index is 2.01. The summed E-state index contributed by atoms with van der Waals surface area (Å²) in [5.41, 5.74) is 5.52. The van der Waals surface area contributed by atoms with Gasteiger partial charge < -0.3 is 15.8 Å². The van der Waals surface area contributed by atoms with Gasteiger partial charge in [-0.3, -0.25) is 4.79 Å². The lowest BCUT2D eigenvalue weighted by Crippen LogP contribution is -2.44. The Morgan fingerprint density at radius 1 is 1.39 bits per heavy atom. The van der Waals surface area contributed by atoms with E-state index < -0.39 is 0 Å². The Kier molecular flexibility index (Phi) is 3.78. The molecule has 102 valence electrons. The van der Waals surface area contributed by atoms with Gasteiger partial charge in [0.15, 0.2) is 5.84 Å². The summed E-state index contributed by atoms with van der Waals surface area (Å²) >= 11 is 0. The summed E-state index contributed by atoms with van der Waals surface area (Å²) in [7, 11) is 0. The van der Waals surface area contributed by atoms with Crippen LogP contribution in [0, 0.1) is 17.8 Å². The second-order valence-electron chi connectivity index (χ2n) is 5.79. The predicted octanol–water partition coefficient (Wildman–Crippen LogP) is 1.41. The van der Waals surface area contributed by atoms with E-state index in [1.54, 1.807) is 4.90 Å². The first-order valence-corrected chi connectivity index (χ1v) is 6.83. The van der Waals surface area contributed by atoms with Crippen LogP contribution < -0.4 is 5.73 Å². The molecule has 0 spiro atoms.